The van der Waals surface area contributed by atoms with Crippen LogP contribution in [0, 0.1) is 5.92 Å². The van der Waals surface area contributed by atoms with Crippen molar-refractivity contribution in [3.8, 4) is 34.3 Å². The van der Waals surface area contributed by atoms with Crippen LogP contribution in [0.3, 0.4) is 0 Å². The van der Waals surface area contributed by atoms with Crippen molar-refractivity contribution in [2.45, 2.75) is 66.9 Å². The molecule has 3 N–H and O–H groups in total. The fourth-order valence-corrected chi connectivity index (χ4v) is 4.55. The summed E-state index contributed by atoms with van der Waals surface area (Å²) in [5.74, 6) is 0.591. The molecule has 0 unspecified atom stereocenters. The van der Waals surface area contributed by atoms with E-state index in [0.717, 1.165) is 11.1 Å². The zero-order valence-electron chi connectivity index (χ0n) is 21.7. The van der Waals surface area contributed by atoms with Gasteiger partial charge in [-0.25, -0.2) is 0 Å². The summed E-state index contributed by atoms with van der Waals surface area (Å²) in [6, 6.07) is 4.17. The molecule has 0 radical (unpaired) electrons. The zero-order valence-corrected chi connectivity index (χ0v) is 21.7. The van der Waals surface area contributed by atoms with Crippen LogP contribution in [0.4, 0.5) is 0 Å². The topological polar surface area (TPSA) is 100 Å². The number of allylic oxidation sites excluding steroid dienone is 4. The van der Waals surface area contributed by atoms with Gasteiger partial charge >= 0.3 is 0 Å². The van der Waals surface area contributed by atoms with Gasteiger partial charge in [0, 0.05) is 29.2 Å². The van der Waals surface area contributed by atoms with Crippen LogP contribution >= 0.6 is 0 Å². The van der Waals surface area contributed by atoms with Crippen molar-refractivity contribution in [2.75, 3.05) is 0 Å². The largest absolute Gasteiger partial charge is 0.508 e. The standard InChI is InChI=1S/C30H34O6/c1-15(2)7-10-20-26(33)25-27(34)22-14-24(17(5)6)35-29(22)21(11-8-16(3)4)30(25)36-28(20)19-12-9-18(31)13-23(19)32/h7-9,12-13,17,24,31-32,34H,10-11,14H2,1-6H3/t24-/m1/s1. The summed E-state index contributed by atoms with van der Waals surface area (Å²) in [4.78, 5) is 14.0. The van der Waals surface area contributed by atoms with Crippen LogP contribution in [0.15, 0.2) is 50.7 Å². The van der Waals surface area contributed by atoms with Gasteiger partial charge in [0.05, 0.1) is 5.56 Å². The van der Waals surface area contributed by atoms with Gasteiger partial charge in [-0.1, -0.05) is 37.1 Å². The first kappa shape index (κ1) is 25.4. The molecule has 6 heteroatoms. The van der Waals surface area contributed by atoms with E-state index in [1.54, 1.807) is 0 Å². The number of ether oxygens (including phenoxy) is 1. The quantitative estimate of drug-likeness (QED) is 0.339. The summed E-state index contributed by atoms with van der Waals surface area (Å²) in [5, 5.41) is 31.9. The van der Waals surface area contributed by atoms with E-state index in [4.69, 9.17) is 9.15 Å². The van der Waals surface area contributed by atoms with E-state index >= 15 is 0 Å². The molecule has 1 aliphatic rings. The van der Waals surface area contributed by atoms with Gasteiger partial charge in [-0.3, -0.25) is 4.79 Å². The molecule has 1 atom stereocenters. The van der Waals surface area contributed by atoms with Crippen molar-refractivity contribution in [2.24, 2.45) is 5.92 Å². The summed E-state index contributed by atoms with van der Waals surface area (Å²) in [6.07, 6.45) is 5.07. The Morgan fingerprint density at radius 1 is 1.03 bits per heavy atom. The number of phenols is 3. The number of rotatable bonds is 6. The number of hydrogen-bond donors (Lipinski definition) is 3. The molecule has 1 aliphatic heterocycles. The molecule has 2 aromatic carbocycles. The Morgan fingerprint density at radius 2 is 1.67 bits per heavy atom. The first-order valence-corrected chi connectivity index (χ1v) is 12.3. The van der Waals surface area contributed by atoms with Gasteiger partial charge in [0.15, 0.2) is 0 Å². The van der Waals surface area contributed by atoms with Crippen LogP contribution in [0.2, 0.25) is 0 Å². The number of phenolic OH excluding ortho intramolecular Hbond substituents is 3. The Balaban J connectivity index is 2.13. The van der Waals surface area contributed by atoms with Gasteiger partial charge in [-0.2, -0.15) is 0 Å². The molecule has 2 heterocycles. The van der Waals surface area contributed by atoms with Crippen molar-refractivity contribution in [3.63, 3.8) is 0 Å². The van der Waals surface area contributed by atoms with Crippen LogP contribution in [-0.4, -0.2) is 21.4 Å². The molecule has 190 valence electrons. The van der Waals surface area contributed by atoms with Crippen LogP contribution in [0.1, 0.15) is 58.2 Å². The maximum Gasteiger partial charge on any atom is 0.200 e. The van der Waals surface area contributed by atoms with Crippen molar-refractivity contribution >= 4 is 11.0 Å². The molecule has 4 rings (SSSR count). The lowest BCUT2D eigenvalue weighted by Gasteiger charge is -2.17. The number of fused-ring (bicyclic) bond motifs is 2. The van der Waals surface area contributed by atoms with Crippen molar-refractivity contribution in [1.29, 1.82) is 0 Å². The molecule has 0 fully saturated rings. The lowest BCUT2D eigenvalue weighted by molar-refractivity contribution is 0.177. The number of hydrogen-bond acceptors (Lipinski definition) is 6. The zero-order chi connectivity index (χ0) is 26.3. The predicted octanol–water partition coefficient (Wildman–Crippen LogP) is 6.55. The van der Waals surface area contributed by atoms with E-state index in [1.807, 2.05) is 39.8 Å². The van der Waals surface area contributed by atoms with Gasteiger partial charge in [-0.15, -0.1) is 0 Å². The smallest absolute Gasteiger partial charge is 0.200 e. The highest BCUT2D eigenvalue weighted by atomic mass is 16.5. The maximum absolute atomic E-state index is 14.0. The average Bonchev–Trinajstić information content (AvgIpc) is 3.24. The molecule has 0 amide bonds. The predicted molar refractivity (Wildman–Crippen MR) is 142 cm³/mol. The minimum absolute atomic E-state index is 0.0990. The molecule has 36 heavy (non-hydrogen) atoms. The van der Waals surface area contributed by atoms with Gasteiger partial charge in [0.25, 0.3) is 0 Å². The SMILES string of the molecule is CC(C)=CCc1c(-c2ccc(O)cc2O)oc2c(CC=C(C)C)c3c(c(O)c2c1=O)C[C@H](C(C)C)O3. The molecule has 3 aromatic rings. The normalized spacial score (nSPS) is 14.6. The Labute approximate surface area is 211 Å². The van der Waals surface area contributed by atoms with E-state index in [9.17, 15) is 20.1 Å². The Bertz CT molecular complexity index is 1450. The maximum atomic E-state index is 14.0. The fourth-order valence-electron chi connectivity index (χ4n) is 4.55. The Kier molecular flexibility index (Phi) is 6.90. The molecular weight excluding hydrogens is 456 g/mol. The van der Waals surface area contributed by atoms with E-state index in [1.165, 1.54) is 18.2 Å². The summed E-state index contributed by atoms with van der Waals surface area (Å²) in [5.41, 5.74) is 3.98. The van der Waals surface area contributed by atoms with Gasteiger partial charge in [0.1, 0.15) is 45.8 Å². The van der Waals surface area contributed by atoms with Crippen LogP contribution in [-0.2, 0) is 19.3 Å². The number of aromatic hydroxyl groups is 3. The Hall–Kier alpha value is -3.67. The lowest BCUT2D eigenvalue weighted by Crippen LogP contribution is -2.20. The highest BCUT2D eigenvalue weighted by Gasteiger charge is 2.34. The molecule has 1 aromatic heterocycles. The highest BCUT2D eigenvalue weighted by Crippen LogP contribution is 2.47. The molecular formula is C30H34O6. The van der Waals surface area contributed by atoms with Gasteiger partial charge < -0.3 is 24.5 Å². The van der Waals surface area contributed by atoms with E-state index in [0.29, 0.717) is 35.3 Å². The minimum Gasteiger partial charge on any atom is -0.508 e. The van der Waals surface area contributed by atoms with Crippen LogP contribution in [0.25, 0.3) is 22.3 Å². The third kappa shape index (κ3) is 4.60. The second-order valence-corrected chi connectivity index (χ2v) is 10.4. The summed E-state index contributed by atoms with van der Waals surface area (Å²) < 4.78 is 12.7. The molecule has 0 bridgehead atoms. The molecule has 0 spiro atoms. The monoisotopic (exact) mass is 490 g/mol. The van der Waals surface area contributed by atoms with Gasteiger partial charge in [0.2, 0.25) is 5.43 Å². The summed E-state index contributed by atoms with van der Waals surface area (Å²) in [6.45, 7) is 12.0. The molecule has 0 saturated carbocycles. The fraction of sp³-hybridized carbons (Fsp3) is 0.367. The van der Waals surface area contributed by atoms with Crippen LogP contribution in [0.5, 0.6) is 23.0 Å². The summed E-state index contributed by atoms with van der Waals surface area (Å²) >= 11 is 0. The van der Waals surface area contributed by atoms with E-state index < -0.39 is 0 Å². The van der Waals surface area contributed by atoms with Crippen molar-refractivity contribution in [3.05, 3.63) is 68.4 Å². The molecule has 6 nitrogen and oxygen atoms in total. The number of benzene rings is 2. The molecule has 0 saturated heterocycles. The second-order valence-electron chi connectivity index (χ2n) is 10.4. The van der Waals surface area contributed by atoms with E-state index in [-0.39, 0.29) is 63.4 Å². The molecule has 0 aliphatic carbocycles. The lowest BCUT2D eigenvalue weighted by atomic mass is 9.94. The van der Waals surface area contributed by atoms with Crippen LogP contribution < -0.4 is 10.2 Å². The summed E-state index contributed by atoms with van der Waals surface area (Å²) in [7, 11) is 0. The first-order chi connectivity index (χ1) is 17.0. The van der Waals surface area contributed by atoms with Crippen molar-refractivity contribution < 1.29 is 24.5 Å². The van der Waals surface area contributed by atoms with Gasteiger partial charge in [-0.05, 0) is 58.6 Å². The minimum atomic E-state index is -0.344. The first-order valence-electron chi connectivity index (χ1n) is 12.3. The van der Waals surface area contributed by atoms with Crippen molar-refractivity contribution in [1.82, 2.24) is 0 Å². The highest BCUT2D eigenvalue weighted by molar-refractivity contribution is 5.93. The third-order valence-corrected chi connectivity index (χ3v) is 6.62. The third-order valence-electron chi connectivity index (χ3n) is 6.62. The second kappa shape index (κ2) is 9.76. The average molecular weight is 491 g/mol. The Morgan fingerprint density at radius 3 is 2.25 bits per heavy atom. The van der Waals surface area contributed by atoms with E-state index in [2.05, 4.69) is 13.8 Å².